The number of hydrogen-bond donors (Lipinski definition) is 4. The SMILES string of the molecule is Cc1ccc(O)c(NC(=O)Nc2ccc3nc[nH]c3c2)c1. The molecule has 0 aliphatic heterocycles. The Balaban J connectivity index is 1.75. The van der Waals surface area contributed by atoms with Gasteiger partial charge in [0.1, 0.15) is 5.75 Å². The molecule has 1 aromatic heterocycles. The number of anilines is 2. The maximum absolute atomic E-state index is 12.0. The minimum atomic E-state index is -0.422. The van der Waals surface area contributed by atoms with Gasteiger partial charge in [-0.1, -0.05) is 6.07 Å². The minimum absolute atomic E-state index is 0.0276. The van der Waals surface area contributed by atoms with Gasteiger partial charge in [-0.05, 0) is 42.8 Å². The predicted octanol–water partition coefficient (Wildman–Crippen LogP) is 3.22. The Morgan fingerprint density at radius 1 is 1.19 bits per heavy atom. The van der Waals surface area contributed by atoms with Crippen LogP contribution in [-0.2, 0) is 0 Å². The summed E-state index contributed by atoms with van der Waals surface area (Å²) in [6.07, 6.45) is 1.60. The summed E-state index contributed by atoms with van der Waals surface area (Å²) < 4.78 is 0. The summed E-state index contributed by atoms with van der Waals surface area (Å²) in [5.74, 6) is 0.0276. The fourth-order valence-electron chi connectivity index (χ4n) is 2.05. The molecule has 0 atom stereocenters. The van der Waals surface area contributed by atoms with Crippen LogP contribution in [-0.4, -0.2) is 21.1 Å². The molecule has 6 heteroatoms. The van der Waals surface area contributed by atoms with E-state index >= 15 is 0 Å². The van der Waals surface area contributed by atoms with Gasteiger partial charge in [-0.3, -0.25) is 0 Å². The number of aromatic nitrogens is 2. The number of phenolic OH excluding ortho intramolecular Hbond substituents is 1. The van der Waals surface area contributed by atoms with E-state index in [4.69, 9.17) is 0 Å². The highest BCUT2D eigenvalue weighted by atomic mass is 16.3. The number of imidazole rings is 1. The number of amides is 2. The molecule has 2 aromatic carbocycles. The third kappa shape index (κ3) is 2.79. The highest BCUT2D eigenvalue weighted by molar-refractivity contribution is 6.01. The molecule has 6 nitrogen and oxygen atoms in total. The number of rotatable bonds is 2. The van der Waals surface area contributed by atoms with Crippen molar-refractivity contribution in [1.29, 1.82) is 0 Å². The summed E-state index contributed by atoms with van der Waals surface area (Å²) in [6.45, 7) is 1.88. The Morgan fingerprint density at radius 3 is 2.90 bits per heavy atom. The van der Waals surface area contributed by atoms with Gasteiger partial charge in [0, 0.05) is 5.69 Å². The first-order valence-electron chi connectivity index (χ1n) is 6.42. The lowest BCUT2D eigenvalue weighted by Gasteiger charge is -2.09. The molecule has 0 aliphatic rings. The summed E-state index contributed by atoms with van der Waals surface area (Å²) in [4.78, 5) is 19.0. The molecule has 4 N–H and O–H groups in total. The first kappa shape index (κ1) is 13.0. The lowest BCUT2D eigenvalue weighted by molar-refractivity contribution is 0.262. The second kappa shape index (κ2) is 5.16. The van der Waals surface area contributed by atoms with Crippen molar-refractivity contribution in [2.24, 2.45) is 0 Å². The van der Waals surface area contributed by atoms with Crippen LogP contribution in [0.25, 0.3) is 11.0 Å². The number of carbonyl (C=O) groups excluding carboxylic acids is 1. The summed E-state index contributed by atoms with van der Waals surface area (Å²) in [5, 5.41) is 15.0. The van der Waals surface area contributed by atoms with Crippen molar-refractivity contribution in [3.05, 3.63) is 48.3 Å². The van der Waals surface area contributed by atoms with E-state index in [2.05, 4.69) is 20.6 Å². The van der Waals surface area contributed by atoms with E-state index in [1.807, 2.05) is 13.0 Å². The lowest BCUT2D eigenvalue weighted by atomic mass is 10.2. The molecule has 2 amide bonds. The van der Waals surface area contributed by atoms with Gasteiger partial charge in [-0.15, -0.1) is 0 Å². The first-order valence-corrected chi connectivity index (χ1v) is 6.42. The molecule has 0 spiro atoms. The van der Waals surface area contributed by atoms with Gasteiger partial charge in [-0.2, -0.15) is 0 Å². The summed E-state index contributed by atoms with van der Waals surface area (Å²) in [5.41, 5.74) is 3.62. The molecule has 21 heavy (non-hydrogen) atoms. The first-order chi connectivity index (χ1) is 10.1. The monoisotopic (exact) mass is 282 g/mol. The number of fused-ring (bicyclic) bond motifs is 1. The molecule has 0 fully saturated rings. The summed E-state index contributed by atoms with van der Waals surface area (Å²) in [7, 11) is 0. The molecule has 1 heterocycles. The molecule has 0 aliphatic carbocycles. The van der Waals surface area contributed by atoms with Gasteiger partial charge < -0.3 is 20.7 Å². The van der Waals surface area contributed by atoms with E-state index in [1.165, 1.54) is 0 Å². The molecule has 0 saturated heterocycles. The number of nitrogens with zero attached hydrogens (tertiary/aromatic N) is 1. The third-order valence-electron chi connectivity index (χ3n) is 3.08. The van der Waals surface area contributed by atoms with Crippen molar-refractivity contribution in [2.75, 3.05) is 10.6 Å². The molecule has 0 saturated carbocycles. The number of hydrogen-bond acceptors (Lipinski definition) is 3. The number of phenols is 1. The number of carbonyl (C=O) groups is 1. The van der Waals surface area contributed by atoms with Gasteiger partial charge in [0.05, 0.1) is 23.0 Å². The zero-order chi connectivity index (χ0) is 14.8. The Hall–Kier alpha value is -3.02. The van der Waals surface area contributed by atoms with E-state index < -0.39 is 6.03 Å². The van der Waals surface area contributed by atoms with Crippen molar-refractivity contribution < 1.29 is 9.90 Å². The average Bonchev–Trinajstić information content (AvgIpc) is 2.90. The van der Waals surface area contributed by atoms with Gasteiger partial charge in [0.2, 0.25) is 0 Å². The fraction of sp³-hybridized carbons (Fsp3) is 0.0667. The van der Waals surface area contributed by atoms with Crippen LogP contribution in [0.1, 0.15) is 5.56 Å². The Morgan fingerprint density at radius 2 is 2.05 bits per heavy atom. The van der Waals surface area contributed by atoms with Gasteiger partial charge in [-0.25, -0.2) is 9.78 Å². The minimum Gasteiger partial charge on any atom is -0.506 e. The van der Waals surface area contributed by atoms with Crippen molar-refractivity contribution in [2.45, 2.75) is 6.92 Å². The Kier molecular flexibility index (Phi) is 3.19. The van der Waals surface area contributed by atoms with E-state index in [0.29, 0.717) is 11.4 Å². The Bertz CT molecular complexity index is 810. The summed E-state index contributed by atoms with van der Waals surface area (Å²) >= 11 is 0. The van der Waals surface area contributed by atoms with Crippen molar-refractivity contribution in [3.8, 4) is 5.75 Å². The van der Waals surface area contributed by atoms with Crippen molar-refractivity contribution >= 4 is 28.4 Å². The number of aromatic hydroxyl groups is 1. The molecule has 0 radical (unpaired) electrons. The van der Waals surface area contributed by atoms with Crippen LogP contribution in [0.2, 0.25) is 0 Å². The maximum Gasteiger partial charge on any atom is 0.323 e. The number of aromatic amines is 1. The van der Waals surface area contributed by atoms with E-state index in [0.717, 1.165) is 16.6 Å². The lowest BCUT2D eigenvalue weighted by Crippen LogP contribution is -2.19. The van der Waals surface area contributed by atoms with Crippen LogP contribution in [0.5, 0.6) is 5.75 Å². The molecule has 3 rings (SSSR count). The zero-order valence-corrected chi connectivity index (χ0v) is 11.3. The molecular formula is C15H14N4O2. The van der Waals surface area contributed by atoms with Crippen molar-refractivity contribution in [1.82, 2.24) is 9.97 Å². The largest absolute Gasteiger partial charge is 0.506 e. The summed E-state index contributed by atoms with van der Waals surface area (Å²) in [6, 6.07) is 9.96. The molecule has 0 bridgehead atoms. The van der Waals surface area contributed by atoms with E-state index in [1.54, 1.807) is 36.7 Å². The van der Waals surface area contributed by atoms with Gasteiger partial charge >= 0.3 is 6.03 Å². The standard InChI is InChI=1S/C15H14N4O2/c1-9-2-5-14(20)13(6-9)19-15(21)18-10-3-4-11-12(7-10)17-8-16-11/h2-8,20H,1H3,(H,16,17)(H2,18,19,21). The topological polar surface area (TPSA) is 90.0 Å². The number of nitrogens with one attached hydrogen (secondary N) is 3. The fourth-order valence-corrected chi connectivity index (χ4v) is 2.05. The van der Waals surface area contributed by atoms with Crippen LogP contribution in [0.3, 0.4) is 0 Å². The van der Waals surface area contributed by atoms with Crippen LogP contribution in [0.4, 0.5) is 16.2 Å². The van der Waals surface area contributed by atoms with Gasteiger partial charge in [0.25, 0.3) is 0 Å². The second-order valence-electron chi connectivity index (χ2n) is 4.73. The third-order valence-corrected chi connectivity index (χ3v) is 3.08. The van der Waals surface area contributed by atoms with E-state index in [-0.39, 0.29) is 5.75 Å². The van der Waals surface area contributed by atoms with Crippen LogP contribution < -0.4 is 10.6 Å². The maximum atomic E-state index is 12.0. The van der Waals surface area contributed by atoms with Gasteiger partial charge in [0.15, 0.2) is 0 Å². The number of H-pyrrole nitrogens is 1. The van der Waals surface area contributed by atoms with Crippen molar-refractivity contribution in [3.63, 3.8) is 0 Å². The van der Waals surface area contributed by atoms with Crippen LogP contribution in [0, 0.1) is 6.92 Å². The quantitative estimate of drug-likeness (QED) is 0.544. The smallest absolute Gasteiger partial charge is 0.323 e. The second-order valence-corrected chi connectivity index (χ2v) is 4.73. The predicted molar refractivity (Wildman–Crippen MR) is 81.6 cm³/mol. The van der Waals surface area contributed by atoms with Crippen LogP contribution in [0.15, 0.2) is 42.7 Å². The highest BCUT2D eigenvalue weighted by Crippen LogP contribution is 2.24. The Labute approximate surface area is 120 Å². The molecule has 3 aromatic rings. The average molecular weight is 282 g/mol. The number of aryl methyl sites for hydroxylation is 1. The van der Waals surface area contributed by atoms with Crippen LogP contribution >= 0.6 is 0 Å². The molecule has 0 unspecified atom stereocenters. The normalized spacial score (nSPS) is 10.5. The number of benzene rings is 2. The zero-order valence-electron chi connectivity index (χ0n) is 11.3. The number of urea groups is 1. The van der Waals surface area contributed by atoms with E-state index in [9.17, 15) is 9.90 Å². The molecular weight excluding hydrogens is 268 g/mol. The highest BCUT2D eigenvalue weighted by Gasteiger charge is 2.07. The molecule has 106 valence electrons.